The van der Waals surface area contributed by atoms with Crippen LogP contribution in [0.2, 0.25) is 0 Å². The van der Waals surface area contributed by atoms with Gasteiger partial charge in [-0.1, -0.05) is 22.0 Å². The monoisotopic (exact) mass is 430 g/mol. The molecule has 0 atom stereocenters. The van der Waals surface area contributed by atoms with Crippen molar-refractivity contribution in [3.63, 3.8) is 0 Å². The first-order valence-corrected chi connectivity index (χ1v) is 8.63. The van der Waals surface area contributed by atoms with E-state index < -0.39 is 17.8 Å². The maximum absolute atomic E-state index is 12.9. The van der Waals surface area contributed by atoms with Crippen LogP contribution in [0, 0.1) is 0 Å². The van der Waals surface area contributed by atoms with E-state index in [1.807, 2.05) is 0 Å². The molecule has 2 aromatic carbocycles. The second kappa shape index (κ2) is 7.63. The minimum absolute atomic E-state index is 0.186. The summed E-state index contributed by atoms with van der Waals surface area (Å²) in [4.78, 5) is 38.3. The van der Waals surface area contributed by atoms with Gasteiger partial charge in [0.15, 0.2) is 0 Å². The summed E-state index contributed by atoms with van der Waals surface area (Å²) < 4.78 is 11.1. The molecule has 4 amide bonds. The molecule has 0 saturated carbocycles. The second-order valence-electron chi connectivity index (χ2n) is 5.55. The molecule has 0 aromatic heterocycles. The first-order valence-electron chi connectivity index (χ1n) is 7.83. The molecule has 1 aliphatic rings. The zero-order chi connectivity index (χ0) is 19.6. The lowest BCUT2D eigenvalue weighted by atomic mass is 10.1. The summed E-state index contributed by atoms with van der Waals surface area (Å²) in [6.07, 6.45) is 1.39. The summed E-state index contributed by atoms with van der Waals surface area (Å²) in [5.41, 5.74) is 0.621. The van der Waals surface area contributed by atoms with E-state index in [9.17, 15) is 14.4 Å². The Morgan fingerprint density at radius 3 is 2.52 bits per heavy atom. The lowest BCUT2D eigenvalue weighted by Gasteiger charge is -2.26. The number of nitrogens with one attached hydrogen (secondary N) is 1. The van der Waals surface area contributed by atoms with Gasteiger partial charge in [-0.25, -0.2) is 9.69 Å². The van der Waals surface area contributed by atoms with Gasteiger partial charge in [0.2, 0.25) is 0 Å². The summed E-state index contributed by atoms with van der Waals surface area (Å²) in [7, 11) is 2.96. The van der Waals surface area contributed by atoms with Crippen molar-refractivity contribution in [1.82, 2.24) is 5.32 Å². The molecule has 7 nitrogen and oxygen atoms in total. The lowest BCUT2D eigenvalue weighted by molar-refractivity contribution is -0.122. The Balaban J connectivity index is 2.06. The van der Waals surface area contributed by atoms with Gasteiger partial charge >= 0.3 is 6.03 Å². The Bertz CT molecular complexity index is 970. The minimum Gasteiger partial charge on any atom is -0.497 e. The maximum Gasteiger partial charge on any atom is 0.335 e. The molecule has 8 heteroatoms. The third-order valence-corrected chi connectivity index (χ3v) is 4.40. The summed E-state index contributed by atoms with van der Waals surface area (Å²) >= 11 is 3.35. The molecule has 1 fully saturated rings. The van der Waals surface area contributed by atoms with E-state index in [1.165, 1.54) is 26.4 Å². The lowest BCUT2D eigenvalue weighted by Crippen LogP contribution is -2.54. The van der Waals surface area contributed by atoms with E-state index in [2.05, 4.69) is 21.2 Å². The predicted molar refractivity (Wildman–Crippen MR) is 103 cm³/mol. The Hall–Kier alpha value is -3.13. The number of carbonyl (C=O) groups excluding carboxylic acids is 3. The van der Waals surface area contributed by atoms with Crippen molar-refractivity contribution < 1.29 is 23.9 Å². The highest BCUT2D eigenvalue weighted by Gasteiger charge is 2.37. The number of barbiturate groups is 1. The van der Waals surface area contributed by atoms with E-state index in [-0.39, 0.29) is 11.3 Å². The van der Waals surface area contributed by atoms with Gasteiger partial charge in [-0.2, -0.15) is 0 Å². The quantitative estimate of drug-likeness (QED) is 0.594. The molecular formula is C19H15BrN2O5. The van der Waals surface area contributed by atoms with Gasteiger partial charge in [0, 0.05) is 16.1 Å². The number of ether oxygens (including phenoxy) is 2. The van der Waals surface area contributed by atoms with Crippen LogP contribution in [-0.4, -0.2) is 32.1 Å². The molecule has 1 heterocycles. The smallest absolute Gasteiger partial charge is 0.335 e. The first-order chi connectivity index (χ1) is 12.9. The van der Waals surface area contributed by atoms with Gasteiger partial charge in [0.05, 0.1) is 19.9 Å². The third-order valence-electron chi connectivity index (χ3n) is 3.90. The summed E-state index contributed by atoms with van der Waals surface area (Å²) in [6, 6.07) is 10.8. The van der Waals surface area contributed by atoms with Crippen LogP contribution in [0.15, 0.2) is 52.5 Å². The number of carbonyl (C=O) groups is 3. The summed E-state index contributed by atoms with van der Waals surface area (Å²) in [6.45, 7) is 0. The number of methoxy groups -OCH3 is 2. The molecule has 0 bridgehead atoms. The number of amides is 4. The topological polar surface area (TPSA) is 84.9 Å². The number of urea groups is 1. The van der Waals surface area contributed by atoms with Crippen molar-refractivity contribution in [3.05, 3.63) is 58.1 Å². The minimum atomic E-state index is -0.823. The van der Waals surface area contributed by atoms with Crippen LogP contribution < -0.4 is 19.7 Å². The number of hydrogen-bond acceptors (Lipinski definition) is 5. The molecule has 3 rings (SSSR count). The van der Waals surface area contributed by atoms with Crippen LogP contribution in [0.25, 0.3) is 6.08 Å². The van der Waals surface area contributed by atoms with Gasteiger partial charge in [-0.05, 0) is 36.4 Å². The highest BCUT2D eigenvalue weighted by molar-refractivity contribution is 9.10. The van der Waals surface area contributed by atoms with E-state index in [1.54, 1.807) is 36.4 Å². The number of benzene rings is 2. The van der Waals surface area contributed by atoms with Gasteiger partial charge in [0.25, 0.3) is 11.8 Å². The van der Waals surface area contributed by atoms with E-state index >= 15 is 0 Å². The van der Waals surface area contributed by atoms with Crippen LogP contribution in [0.5, 0.6) is 11.5 Å². The van der Waals surface area contributed by atoms with Crippen LogP contribution in [0.4, 0.5) is 10.5 Å². The van der Waals surface area contributed by atoms with E-state index in [0.717, 1.165) is 9.37 Å². The van der Waals surface area contributed by atoms with Crippen LogP contribution in [0.3, 0.4) is 0 Å². The first kappa shape index (κ1) is 18.7. The highest BCUT2D eigenvalue weighted by atomic mass is 79.9. The number of rotatable bonds is 4. The Kier molecular flexibility index (Phi) is 5.27. The Morgan fingerprint density at radius 2 is 1.81 bits per heavy atom. The normalized spacial score (nSPS) is 15.7. The molecule has 0 unspecified atom stereocenters. The molecule has 0 spiro atoms. The molecule has 1 aliphatic heterocycles. The Morgan fingerprint density at radius 1 is 1.04 bits per heavy atom. The van der Waals surface area contributed by atoms with Gasteiger partial charge < -0.3 is 9.47 Å². The average molecular weight is 431 g/mol. The van der Waals surface area contributed by atoms with Gasteiger partial charge in [-0.15, -0.1) is 0 Å². The van der Waals surface area contributed by atoms with E-state index in [4.69, 9.17) is 9.47 Å². The van der Waals surface area contributed by atoms with Gasteiger partial charge in [0.1, 0.15) is 17.1 Å². The largest absolute Gasteiger partial charge is 0.497 e. The third kappa shape index (κ3) is 3.70. The molecule has 1 N–H and O–H groups in total. The van der Waals surface area contributed by atoms with Crippen molar-refractivity contribution in [2.24, 2.45) is 0 Å². The maximum atomic E-state index is 12.9. The van der Waals surface area contributed by atoms with Crippen LogP contribution in [0.1, 0.15) is 5.56 Å². The SMILES string of the molecule is COc1cccc(N2C(=O)NC(=O)/C(=C\c3cc(Br)ccc3OC)C2=O)c1. The molecule has 0 aliphatic carbocycles. The predicted octanol–water partition coefficient (Wildman–Crippen LogP) is 3.13. The number of halogens is 1. The van der Waals surface area contributed by atoms with Crippen molar-refractivity contribution in [2.75, 3.05) is 19.1 Å². The van der Waals surface area contributed by atoms with Crippen molar-refractivity contribution in [1.29, 1.82) is 0 Å². The highest BCUT2D eigenvalue weighted by Crippen LogP contribution is 2.28. The fourth-order valence-electron chi connectivity index (χ4n) is 2.62. The number of imide groups is 2. The summed E-state index contributed by atoms with van der Waals surface area (Å²) in [5, 5.41) is 2.18. The molecule has 27 heavy (non-hydrogen) atoms. The molecule has 1 saturated heterocycles. The van der Waals surface area contributed by atoms with Crippen molar-refractivity contribution in [2.45, 2.75) is 0 Å². The van der Waals surface area contributed by atoms with Crippen molar-refractivity contribution >= 4 is 45.5 Å². The average Bonchev–Trinajstić information content (AvgIpc) is 2.65. The fraction of sp³-hybridized carbons (Fsp3) is 0.105. The number of hydrogen-bond donors (Lipinski definition) is 1. The van der Waals surface area contributed by atoms with Crippen molar-refractivity contribution in [3.8, 4) is 11.5 Å². The zero-order valence-corrected chi connectivity index (χ0v) is 16.1. The van der Waals surface area contributed by atoms with Crippen LogP contribution in [-0.2, 0) is 9.59 Å². The fourth-order valence-corrected chi connectivity index (χ4v) is 2.99. The number of nitrogens with zero attached hydrogens (tertiary/aromatic N) is 1. The van der Waals surface area contributed by atoms with Crippen LogP contribution >= 0.6 is 15.9 Å². The molecular weight excluding hydrogens is 416 g/mol. The molecule has 0 radical (unpaired) electrons. The summed E-state index contributed by atoms with van der Waals surface area (Å²) in [5.74, 6) is -0.550. The molecule has 2 aromatic rings. The standard InChI is InChI=1S/C19H15BrN2O5/c1-26-14-5-3-4-13(10-14)22-18(24)15(17(23)21-19(22)25)9-11-8-12(20)6-7-16(11)27-2/h3-10H,1-2H3,(H,21,23,25)/b15-9+. The second-order valence-corrected chi connectivity index (χ2v) is 6.46. The molecule has 138 valence electrons. The number of anilines is 1. The zero-order valence-electron chi connectivity index (χ0n) is 14.5. The Labute approximate surface area is 163 Å². The van der Waals surface area contributed by atoms with E-state index in [0.29, 0.717) is 17.1 Å². The van der Waals surface area contributed by atoms with Gasteiger partial charge in [-0.3, -0.25) is 14.9 Å².